The van der Waals surface area contributed by atoms with Crippen LogP contribution in [-0.4, -0.2) is 38.6 Å². The summed E-state index contributed by atoms with van der Waals surface area (Å²) >= 11 is 0. The fourth-order valence-electron chi connectivity index (χ4n) is 3.24. The molecule has 1 amide bonds. The summed E-state index contributed by atoms with van der Waals surface area (Å²) in [7, 11) is -2.47. The summed E-state index contributed by atoms with van der Waals surface area (Å²) in [6.45, 7) is -0.103. The Kier molecular flexibility index (Phi) is 7.98. The smallest absolute Gasteiger partial charge is 0.433 e. The van der Waals surface area contributed by atoms with Crippen LogP contribution in [0.5, 0.6) is 0 Å². The van der Waals surface area contributed by atoms with Crippen molar-refractivity contribution in [1.29, 1.82) is 0 Å². The lowest BCUT2D eigenvalue weighted by atomic mass is 10.1. The van der Waals surface area contributed by atoms with E-state index in [2.05, 4.69) is 10.3 Å². The Labute approximate surface area is 205 Å². The number of sulfonamides is 1. The van der Waals surface area contributed by atoms with Crippen molar-refractivity contribution >= 4 is 27.6 Å². The van der Waals surface area contributed by atoms with Crippen molar-refractivity contribution in [2.75, 3.05) is 17.7 Å². The first kappa shape index (κ1) is 26.7. The van der Waals surface area contributed by atoms with Crippen LogP contribution >= 0.6 is 0 Å². The highest BCUT2D eigenvalue weighted by Crippen LogP contribution is 2.27. The molecule has 0 saturated carbocycles. The number of pyridine rings is 1. The summed E-state index contributed by atoms with van der Waals surface area (Å²) in [5, 5.41) is 2.58. The summed E-state index contributed by atoms with van der Waals surface area (Å²) in [5.41, 5.74) is 0.698. The minimum absolute atomic E-state index is 0.0439. The standard InChI is InChI=1S/C24H22F3N3O5S/c1-35-23(32)19-5-3-4-16(12-19)15-30(36(2,33)34)20-9-7-18(8-10-20)22(31)29-14-17-6-11-21(28-13-17)24(25,26)27/h3-13H,14-15H2,1-2H3,(H,29,31). The van der Waals surface area contributed by atoms with E-state index >= 15 is 0 Å². The van der Waals surface area contributed by atoms with Crippen LogP contribution in [0.1, 0.15) is 37.5 Å². The molecule has 0 aliphatic carbocycles. The topological polar surface area (TPSA) is 106 Å². The van der Waals surface area contributed by atoms with E-state index in [-0.39, 0.29) is 24.2 Å². The number of nitrogens with zero attached hydrogens (tertiary/aromatic N) is 2. The summed E-state index contributed by atoms with van der Waals surface area (Å²) in [6, 6.07) is 14.2. The molecule has 3 aromatic rings. The van der Waals surface area contributed by atoms with Gasteiger partial charge in [0, 0.05) is 18.3 Å². The molecular formula is C24H22F3N3O5S. The van der Waals surface area contributed by atoms with Crippen LogP contribution in [-0.2, 0) is 34.0 Å². The van der Waals surface area contributed by atoms with Crippen molar-refractivity contribution in [2.45, 2.75) is 19.3 Å². The van der Waals surface area contributed by atoms with Crippen molar-refractivity contribution in [3.05, 3.63) is 94.8 Å². The van der Waals surface area contributed by atoms with Gasteiger partial charge in [0.1, 0.15) is 5.69 Å². The van der Waals surface area contributed by atoms with Crippen molar-refractivity contribution in [3.63, 3.8) is 0 Å². The van der Waals surface area contributed by atoms with E-state index in [4.69, 9.17) is 4.74 Å². The van der Waals surface area contributed by atoms with Gasteiger partial charge in [0.25, 0.3) is 5.91 Å². The summed E-state index contributed by atoms with van der Waals surface area (Å²) in [4.78, 5) is 27.6. The van der Waals surface area contributed by atoms with Crippen molar-refractivity contribution in [3.8, 4) is 0 Å². The van der Waals surface area contributed by atoms with E-state index in [1.807, 2.05) is 0 Å². The van der Waals surface area contributed by atoms with Gasteiger partial charge in [-0.25, -0.2) is 13.2 Å². The zero-order valence-electron chi connectivity index (χ0n) is 19.2. The molecule has 1 N–H and O–H groups in total. The number of carbonyl (C=O) groups excluding carboxylic acids is 2. The minimum Gasteiger partial charge on any atom is -0.465 e. The van der Waals surface area contributed by atoms with Gasteiger partial charge in [0.15, 0.2) is 0 Å². The molecular weight excluding hydrogens is 499 g/mol. The Morgan fingerprint density at radius 1 is 1.00 bits per heavy atom. The van der Waals surface area contributed by atoms with Crippen LogP contribution in [0.15, 0.2) is 66.9 Å². The maximum Gasteiger partial charge on any atom is 0.433 e. The molecule has 1 heterocycles. The molecule has 0 saturated heterocycles. The number of amides is 1. The molecule has 0 aliphatic heterocycles. The average Bonchev–Trinajstić information content (AvgIpc) is 2.84. The highest BCUT2D eigenvalue weighted by molar-refractivity contribution is 7.92. The molecule has 0 aliphatic rings. The molecule has 3 rings (SSSR count). The molecule has 0 radical (unpaired) electrons. The Bertz CT molecular complexity index is 1340. The molecule has 0 bridgehead atoms. The van der Waals surface area contributed by atoms with Gasteiger partial charge in [-0.1, -0.05) is 18.2 Å². The zero-order valence-corrected chi connectivity index (χ0v) is 20.1. The summed E-state index contributed by atoms with van der Waals surface area (Å²) < 4.78 is 68.6. The van der Waals surface area contributed by atoms with Crippen molar-refractivity contribution in [2.24, 2.45) is 0 Å². The Morgan fingerprint density at radius 3 is 2.25 bits per heavy atom. The van der Waals surface area contributed by atoms with Gasteiger partial charge in [-0.15, -0.1) is 0 Å². The number of rotatable bonds is 8. The normalized spacial score (nSPS) is 11.6. The Balaban J connectivity index is 1.71. The van der Waals surface area contributed by atoms with Gasteiger partial charge in [-0.3, -0.25) is 14.1 Å². The molecule has 0 fully saturated rings. The number of aromatic nitrogens is 1. The predicted octanol–water partition coefficient (Wildman–Crippen LogP) is 3.78. The van der Waals surface area contributed by atoms with Gasteiger partial charge >= 0.3 is 12.1 Å². The molecule has 12 heteroatoms. The first-order chi connectivity index (χ1) is 16.9. The zero-order chi connectivity index (χ0) is 26.5. The lowest BCUT2D eigenvalue weighted by Crippen LogP contribution is -2.29. The van der Waals surface area contributed by atoms with Crippen LogP contribution in [0.25, 0.3) is 0 Å². The van der Waals surface area contributed by atoms with E-state index in [0.717, 1.165) is 22.8 Å². The number of ether oxygens (including phenoxy) is 1. The number of hydrogen-bond acceptors (Lipinski definition) is 6. The van der Waals surface area contributed by atoms with Gasteiger partial charge in [-0.2, -0.15) is 13.2 Å². The van der Waals surface area contributed by atoms with Crippen molar-refractivity contribution in [1.82, 2.24) is 10.3 Å². The number of benzene rings is 2. The maximum absolute atomic E-state index is 12.6. The SMILES string of the molecule is COC(=O)c1cccc(CN(c2ccc(C(=O)NCc3ccc(C(F)(F)F)nc3)cc2)S(C)(=O)=O)c1. The molecule has 2 aromatic carbocycles. The highest BCUT2D eigenvalue weighted by Gasteiger charge is 2.32. The van der Waals surface area contributed by atoms with E-state index in [9.17, 15) is 31.2 Å². The summed E-state index contributed by atoms with van der Waals surface area (Å²) in [5.74, 6) is -1.05. The molecule has 8 nitrogen and oxygen atoms in total. The van der Waals surface area contributed by atoms with Crippen LogP contribution in [0.2, 0.25) is 0 Å². The van der Waals surface area contributed by atoms with E-state index in [0.29, 0.717) is 16.8 Å². The van der Waals surface area contributed by atoms with E-state index in [1.54, 1.807) is 18.2 Å². The third kappa shape index (κ3) is 6.81. The third-order valence-corrected chi connectivity index (χ3v) is 6.20. The van der Waals surface area contributed by atoms with Gasteiger partial charge in [0.2, 0.25) is 10.0 Å². The molecule has 0 spiro atoms. The van der Waals surface area contributed by atoms with Gasteiger partial charge < -0.3 is 10.1 Å². The number of anilines is 1. The van der Waals surface area contributed by atoms with Crippen LogP contribution < -0.4 is 9.62 Å². The fourth-order valence-corrected chi connectivity index (χ4v) is 4.13. The second-order valence-corrected chi connectivity index (χ2v) is 9.65. The number of methoxy groups -OCH3 is 1. The highest BCUT2D eigenvalue weighted by atomic mass is 32.2. The van der Waals surface area contributed by atoms with E-state index < -0.39 is 33.8 Å². The first-order valence-electron chi connectivity index (χ1n) is 10.4. The maximum atomic E-state index is 12.6. The van der Waals surface area contributed by atoms with E-state index in [1.165, 1.54) is 43.5 Å². The largest absolute Gasteiger partial charge is 0.465 e. The van der Waals surface area contributed by atoms with Gasteiger partial charge in [-0.05, 0) is 53.6 Å². The Morgan fingerprint density at radius 2 is 1.69 bits per heavy atom. The molecule has 0 unspecified atom stereocenters. The summed E-state index contributed by atoms with van der Waals surface area (Å²) in [6.07, 6.45) is -2.48. The minimum atomic E-state index is -4.55. The number of halogens is 3. The number of carbonyl (C=O) groups is 2. The second-order valence-electron chi connectivity index (χ2n) is 7.74. The monoisotopic (exact) mass is 521 g/mol. The molecule has 0 atom stereocenters. The third-order valence-electron chi connectivity index (χ3n) is 5.06. The van der Waals surface area contributed by atoms with Crippen molar-refractivity contribution < 1.29 is 35.9 Å². The fraction of sp³-hybridized carbons (Fsp3) is 0.208. The number of hydrogen-bond donors (Lipinski definition) is 1. The number of nitrogens with one attached hydrogen (secondary N) is 1. The number of esters is 1. The second kappa shape index (κ2) is 10.8. The predicted molar refractivity (Wildman–Crippen MR) is 126 cm³/mol. The van der Waals surface area contributed by atoms with Crippen LogP contribution in [0.3, 0.4) is 0 Å². The lowest BCUT2D eigenvalue weighted by molar-refractivity contribution is -0.141. The van der Waals surface area contributed by atoms with Crippen LogP contribution in [0, 0.1) is 0 Å². The Hall–Kier alpha value is -3.93. The molecule has 36 heavy (non-hydrogen) atoms. The van der Waals surface area contributed by atoms with Gasteiger partial charge in [0.05, 0.1) is 31.2 Å². The first-order valence-corrected chi connectivity index (χ1v) is 12.3. The number of alkyl halides is 3. The molecule has 190 valence electrons. The quantitative estimate of drug-likeness (QED) is 0.453. The van der Waals surface area contributed by atoms with Crippen LogP contribution in [0.4, 0.5) is 18.9 Å². The average molecular weight is 522 g/mol. The molecule has 1 aromatic heterocycles. The lowest BCUT2D eigenvalue weighted by Gasteiger charge is -2.23.